The molecule has 0 aromatic heterocycles. The van der Waals surface area contributed by atoms with Crippen molar-refractivity contribution in [2.45, 2.75) is 90.9 Å². The van der Waals surface area contributed by atoms with Gasteiger partial charge in [-0.05, 0) is 108 Å². The molecular weight excluding hydrogens is 312 g/mol. The van der Waals surface area contributed by atoms with E-state index in [1.807, 2.05) is 0 Å². The Morgan fingerprint density at radius 1 is 0.615 bits per heavy atom. The third-order valence-electron chi connectivity index (χ3n) is 6.18. The monoisotopic (exact) mass is 350 g/mol. The maximum Gasteiger partial charge on any atom is 0.0626 e. The number of fused-ring (bicyclic) bond motifs is 2. The molecule has 138 valence electrons. The Balaban J connectivity index is 2.21. The first-order valence-electron chi connectivity index (χ1n) is 12.6. The van der Waals surface area contributed by atoms with E-state index in [1.54, 1.807) is 0 Å². The van der Waals surface area contributed by atoms with E-state index in [4.69, 9.17) is 5.48 Å². The molecule has 0 bridgehead atoms. The highest BCUT2D eigenvalue weighted by Gasteiger charge is 2.26. The van der Waals surface area contributed by atoms with Gasteiger partial charge < -0.3 is 0 Å². The van der Waals surface area contributed by atoms with Crippen molar-refractivity contribution in [3.8, 4) is 11.1 Å². The zero-order valence-corrected chi connectivity index (χ0v) is 16.8. The van der Waals surface area contributed by atoms with E-state index in [2.05, 4.69) is 27.7 Å². The summed E-state index contributed by atoms with van der Waals surface area (Å²) < 4.78 is 35.2. The summed E-state index contributed by atoms with van der Waals surface area (Å²) >= 11 is 0. The SMILES string of the molecule is [2H]c1c([2H])c(C(C)C)c(-c2c3c(c([2H])c([2H])c2C(C)C)CCCC3)c2c1CCCC2. The van der Waals surface area contributed by atoms with Gasteiger partial charge in [0.05, 0.1) is 5.48 Å². The minimum Gasteiger partial charge on any atom is -0.0587 e. The highest BCUT2D eigenvalue weighted by Crippen LogP contribution is 2.44. The van der Waals surface area contributed by atoms with Gasteiger partial charge in [-0.1, -0.05) is 51.9 Å². The van der Waals surface area contributed by atoms with Crippen LogP contribution in [0.3, 0.4) is 0 Å². The Morgan fingerprint density at radius 2 is 1.00 bits per heavy atom. The molecule has 0 saturated heterocycles. The fourth-order valence-corrected chi connectivity index (χ4v) is 4.81. The molecule has 0 aliphatic heterocycles. The van der Waals surface area contributed by atoms with Crippen molar-refractivity contribution < 1.29 is 5.48 Å². The van der Waals surface area contributed by atoms with Crippen LogP contribution >= 0.6 is 0 Å². The summed E-state index contributed by atoms with van der Waals surface area (Å²) in [5, 5.41) is 0. The van der Waals surface area contributed by atoms with E-state index in [1.165, 1.54) is 11.1 Å². The minimum absolute atomic E-state index is 0.146. The van der Waals surface area contributed by atoms with Crippen molar-refractivity contribution in [2.24, 2.45) is 0 Å². The molecule has 4 rings (SSSR count). The number of benzene rings is 2. The summed E-state index contributed by atoms with van der Waals surface area (Å²) in [5.74, 6) is 0.292. The minimum atomic E-state index is 0.146. The van der Waals surface area contributed by atoms with Crippen LogP contribution in [0.15, 0.2) is 24.2 Å². The Morgan fingerprint density at radius 3 is 1.38 bits per heavy atom. The van der Waals surface area contributed by atoms with E-state index in [0.29, 0.717) is 24.2 Å². The van der Waals surface area contributed by atoms with Crippen LogP contribution < -0.4 is 0 Å². The topological polar surface area (TPSA) is 0 Å². The molecule has 0 fully saturated rings. The van der Waals surface area contributed by atoms with E-state index >= 15 is 0 Å². The Labute approximate surface area is 165 Å². The largest absolute Gasteiger partial charge is 0.0626 e. The second-order valence-corrected chi connectivity index (χ2v) is 8.72. The van der Waals surface area contributed by atoms with E-state index < -0.39 is 0 Å². The maximum absolute atomic E-state index is 8.90. The van der Waals surface area contributed by atoms with Crippen LogP contribution in [0.2, 0.25) is 0 Å². The van der Waals surface area contributed by atoms with Crippen LogP contribution in [-0.2, 0) is 25.7 Å². The maximum atomic E-state index is 8.90. The van der Waals surface area contributed by atoms with Crippen LogP contribution in [0.4, 0.5) is 0 Å². The highest BCUT2D eigenvalue weighted by molar-refractivity contribution is 5.80. The highest BCUT2D eigenvalue weighted by atomic mass is 14.3. The molecule has 0 N–H and O–H groups in total. The van der Waals surface area contributed by atoms with Crippen LogP contribution in [0.25, 0.3) is 11.1 Å². The van der Waals surface area contributed by atoms with Crippen LogP contribution in [0.1, 0.15) is 104 Å². The lowest BCUT2D eigenvalue weighted by Crippen LogP contribution is -2.13. The van der Waals surface area contributed by atoms with Gasteiger partial charge in [0.25, 0.3) is 0 Å². The Hall–Kier alpha value is -1.56. The summed E-state index contributed by atoms with van der Waals surface area (Å²) in [7, 11) is 0. The standard InChI is InChI=1S/C26H34/c1-17(2)21-15-13-19-9-5-7-11-23(19)25(21)26-22(18(3)4)16-14-20-10-6-8-12-24(20)26/h13-18H,5-12H2,1-4H3/i13D,14D,15D,16D. The van der Waals surface area contributed by atoms with Crippen molar-refractivity contribution >= 4 is 0 Å². The molecule has 2 aromatic rings. The zero-order valence-electron chi connectivity index (χ0n) is 20.8. The van der Waals surface area contributed by atoms with Crippen LogP contribution in [-0.4, -0.2) is 0 Å². The van der Waals surface area contributed by atoms with Crippen LogP contribution in [0, 0.1) is 0 Å². The van der Waals surface area contributed by atoms with Gasteiger partial charge in [0.2, 0.25) is 0 Å². The van der Waals surface area contributed by atoms with Crippen molar-refractivity contribution in [3.63, 3.8) is 0 Å². The van der Waals surface area contributed by atoms with Gasteiger partial charge >= 0.3 is 0 Å². The van der Waals surface area contributed by atoms with Crippen LogP contribution in [0.5, 0.6) is 0 Å². The molecule has 0 heteroatoms. The second-order valence-electron chi connectivity index (χ2n) is 8.72. The van der Waals surface area contributed by atoms with Gasteiger partial charge in [-0.15, -0.1) is 0 Å². The molecule has 2 aliphatic rings. The molecule has 0 spiro atoms. The van der Waals surface area contributed by atoms with E-state index in [-0.39, 0.29) is 11.8 Å². The third kappa shape index (κ3) is 3.02. The second kappa shape index (κ2) is 7.22. The quantitative estimate of drug-likeness (QED) is 0.542. The average Bonchev–Trinajstić information content (AvgIpc) is 2.72. The summed E-state index contributed by atoms with van der Waals surface area (Å²) in [6.07, 6.45) is 8.10. The van der Waals surface area contributed by atoms with Gasteiger partial charge in [-0.25, -0.2) is 0 Å². The number of hydrogen-bond donors (Lipinski definition) is 0. The number of hydrogen-bond acceptors (Lipinski definition) is 0. The first kappa shape index (κ1) is 13.6. The van der Waals surface area contributed by atoms with Gasteiger partial charge in [0, 0.05) is 0 Å². The van der Waals surface area contributed by atoms with Gasteiger partial charge in [0.1, 0.15) is 0 Å². The Bertz CT molecular complexity index is 920. The summed E-state index contributed by atoms with van der Waals surface area (Å²) in [4.78, 5) is 0. The van der Waals surface area contributed by atoms with Gasteiger partial charge in [0.15, 0.2) is 0 Å². The smallest absolute Gasteiger partial charge is 0.0587 e. The Kier molecular flexibility index (Phi) is 3.77. The molecule has 0 radical (unpaired) electrons. The molecule has 26 heavy (non-hydrogen) atoms. The summed E-state index contributed by atoms with van der Waals surface area (Å²) in [6.45, 7) is 8.53. The zero-order chi connectivity index (χ0) is 21.7. The van der Waals surface area contributed by atoms with Crippen molar-refractivity contribution in [2.75, 3.05) is 0 Å². The van der Waals surface area contributed by atoms with Crippen molar-refractivity contribution in [1.82, 2.24) is 0 Å². The molecule has 0 unspecified atom stereocenters. The fraction of sp³-hybridized carbons (Fsp3) is 0.538. The third-order valence-corrected chi connectivity index (χ3v) is 6.18. The first-order chi connectivity index (χ1) is 14.3. The molecule has 2 aliphatic carbocycles. The van der Waals surface area contributed by atoms with E-state index in [9.17, 15) is 0 Å². The first-order valence-corrected chi connectivity index (χ1v) is 10.6. The molecule has 0 amide bonds. The van der Waals surface area contributed by atoms with Gasteiger partial charge in [-0.3, -0.25) is 0 Å². The molecule has 0 heterocycles. The van der Waals surface area contributed by atoms with E-state index in [0.717, 1.165) is 84.7 Å². The fourth-order valence-electron chi connectivity index (χ4n) is 4.81. The average molecular weight is 351 g/mol. The predicted molar refractivity (Wildman–Crippen MR) is 113 cm³/mol. The lowest BCUT2D eigenvalue weighted by Gasteiger charge is -2.30. The van der Waals surface area contributed by atoms with Gasteiger partial charge in [-0.2, -0.15) is 0 Å². The molecule has 0 saturated carbocycles. The predicted octanol–water partition coefficient (Wildman–Crippen LogP) is 7.36. The summed E-state index contributed by atoms with van der Waals surface area (Å²) in [6, 6.07) is 1.59. The summed E-state index contributed by atoms with van der Waals surface area (Å²) in [5.41, 5.74) is 8.93. The molecule has 0 nitrogen and oxygen atoms in total. The molecule has 2 aromatic carbocycles. The normalized spacial score (nSPS) is 18.8. The lowest BCUT2D eigenvalue weighted by molar-refractivity contribution is 0.677. The van der Waals surface area contributed by atoms with Crippen molar-refractivity contribution in [1.29, 1.82) is 0 Å². The molecular formula is C26H34. The van der Waals surface area contributed by atoms with Crippen molar-refractivity contribution in [3.05, 3.63) is 57.6 Å². The number of rotatable bonds is 3. The molecule has 0 atom stereocenters. The lowest BCUT2D eigenvalue weighted by atomic mass is 9.74.